The molecule has 0 saturated carbocycles. The van der Waals surface area contributed by atoms with Crippen molar-refractivity contribution in [3.8, 4) is 0 Å². The molecule has 7 heteroatoms. The van der Waals surface area contributed by atoms with Crippen molar-refractivity contribution < 1.29 is 14.1 Å². The number of amides is 2. The molecule has 1 aliphatic rings. The third-order valence-electron chi connectivity index (χ3n) is 4.08. The summed E-state index contributed by atoms with van der Waals surface area (Å²) < 4.78 is 5.20. The largest absolute Gasteiger partial charge is 0.339 e. The summed E-state index contributed by atoms with van der Waals surface area (Å²) in [4.78, 5) is 29.5. The molecule has 25 heavy (non-hydrogen) atoms. The molecule has 0 radical (unpaired) electrons. The van der Waals surface area contributed by atoms with E-state index in [0.29, 0.717) is 36.8 Å². The number of benzene rings is 1. The van der Waals surface area contributed by atoms with Gasteiger partial charge in [0.2, 0.25) is 17.7 Å². The van der Waals surface area contributed by atoms with E-state index in [9.17, 15) is 9.59 Å². The molecule has 7 nitrogen and oxygen atoms in total. The average molecular weight is 342 g/mol. The molecular formula is C18H22N4O3. The molecule has 0 unspecified atom stereocenters. The topological polar surface area (TPSA) is 88.3 Å². The first kappa shape index (κ1) is 17.1. The lowest BCUT2D eigenvalue weighted by Gasteiger charge is -2.15. The van der Waals surface area contributed by atoms with Gasteiger partial charge in [-0.1, -0.05) is 31.1 Å². The summed E-state index contributed by atoms with van der Waals surface area (Å²) >= 11 is 0. The molecule has 1 aliphatic heterocycles. The molecule has 1 N–H and O–H groups in total. The highest BCUT2D eigenvalue weighted by Gasteiger charge is 2.22. The van der Waals surface area contributed by atoms with Crippen molar-refractivity contribution in [1.82, 2.24) is 15.0 Å². The fraction of sp³-hybridized carbons (Fsp3) is 0.444. The van der Waals surface area contributed by atoms with Crippen LogP contribution in [0.5, 0.6) is 0 Å². The summed E-state index contributed by atoms with van der Waals surface area (Å²) in [6, 6.07) is 7.51. The Morgan fingerprint density at radius 2 is 2.08 bits per heavy atom. The number of likely N-dealkylation sites (tertiary alicyclic amines) is 1. The van der Waals surface area contributed by atoms with E-state index in [2.05, 4.69) is 15.5 Å². The zero-order valence-electron chi connectivity index (χ0n) is 14.5. The van der Waals surface area contributed by atoms with Gasteiger partial charge in [-0.15, -0.1) is 0 Å². The number of anilines is 1. The van der Waals surface area contributed by atoms with E-state index < -0.39 is 0 Å². The van der Waals surface area contributed by atoms with Crippen LogP contribution in [0.1, 0.15) is 49.9 Å². The zero-order valence-corrected chi connectivity index (χ0v) is 14.5. The van der Waals surface area contributed by atoms with E-state index in [1.165, 1.54) is 0 Å². The van der Waals surface area contributed by atoms with Crippen LogP contribution in [0.15, 0.2) is 28.8 Å². The summed E-state index contributed by atoms with van der Waals surface area (Å²) in [7, 11) is 0. The van der Waals surface area contributed by atoms with Gasteiger partial charge in [0.15, 0.2) is 5.82 Å². The first-order valence-corrected chi connectivity index (χ1v) is 8.50. The van der Waals surface area contributed by atoms with Gasteiger partial charge in [-0.25, -0.2) is 0 Å². The van der Waals surface area contributed by atoms with Crippen molar-refractivity contribution in [2.45, 2.75) is 39.0 Å². The number of carbonyl (C=O) groups excluding carboxylic acids is 2. The van der Waals surface area contributed by atoms with Crippen LogP contribution in [0.25, 0.3) is 0 Å². The Morgan fingerprint density at radius 3 is 2.68 bits per heavy atom. The lowest BCUT2D eigenvalue weighted by atomic mass is 10.1. The summed E-state index contributed by atoms with van der Waals surface area (Å²) in [5.74, 6) is 1.36. The second-order valence-corrected chi connectivity index (χ2v) is 6.54. The molecule has 3 rings (SSSR count). The van der Waals surface area contributed by atoms with Crippen LogP contribution >= 0.6 is 0 Å². The van der Waals surface area contributed by atoms with Gasteiger partial charge in [0, 0.05) is 31.0 Å². The van der Waals surface area contributed by atoms with Gasteiger partial charge < -0.3 is 14.7 Å². The molecule has 0 atom stereocenters. The lowest BCUT2D eigenvalue weighted by Crippen LogP contribution is -2.33. The van der Waals surface area contributed by atoms with Crippen LogP contribution in [0.2, 0.25) is 0 Å². The normalized spacial score (nSPS) is 14.4. The molecule has 1 aromatic heterocycles. The summed E-state index contributed by atoms with van der Waals surface area (Å²) in [5, 5.41) is 6.79. The van der Waals surface area contributed by atoms with Gasteiger partial charge in [-0.2, -0.15) is 4.98 Å². The van der Waals surface area contributed by atoms with Crippen molar-refractivity contribution in [3.63, 3.8) is 0 Å². The third-order valence-corrected chi connectivity index (χ3v) is 4.08. The van der Waals surface area contributed by atoms with Gasteiger partial charge in [-0.05, 0) is 24.1 Å². The van der Waals surface area contributed by atoms with Crippen molar-refractivity contribution in [1.29, 1.82) is 0 Å². The minimum absolute atomic E-state index is 0.0476. The Bertz CT molecular complexity index is 752. The van der Waals surface area contributed by atoms with Gasteiger partial charge in [0.25, 0.3) is 0 Å². The fourth-order valence-corrected chi connectivity index (χ4v) is 2.71. The number of hydrogen-bond donors (Lipinski definition) is 1. The average Bonchev–Trinajstić information content (AvgIpc) is 3.19. The second kappa shape index (κ2) is 7.46. The number of hydrogen-bond acceptors (Lipinski definition) is 5. The maximum Gasteiger partial charge on any atom is 0.243 e. The first-order chi connectivity index (χ1) is 12.0. The van der Waals surface area contributed by atoms with E-state index in [0.717, 1.165) is 12.0 Å². The zero-order chi connectivity index (χ0) is 17.8. The summed E-state index contributed by atoms with van der Waals surface area (Å²) in [6.45, 7) is 4.78. The highest BCUT2D eigenvalue weighted by Crippen LogP contribution is 2.16. The Morgan fingerprint density at radius 1 is 1.32 bits per heavy atom. The number of aromatic nitrogens is 2. The smallest absolute Gasteiger partial charge is 0.243 e. The van der Waals surface area contributed by atoms with Crippen LogP contribution in [0.4, 0.5) is 5.69 Å². The third kappa shape index (κ3) is 4.43. The molecule has 1 fully saturated rings. The molecule has 0 spiro atoms. The SMILES string of the molecule is CC(C)c1nc(Cc2ccc(NC(=O)CN3CCCC3=O)cc2)no1. The highest BCUT2D eigenvalue weighted by molar-refractivity contribution is 5.94. The van der Waals surface area contributed by atoms with Gasteiger partial charge >= 0.3 is 0 Å². The van der Waals surface area contributed by atoms with Crippen LogP contribution in [0.3, 0.4) is 0 Å². The van der Waals surface area contributed by atoms with Crippen LogP contribution in [0, 0.1) is 0 Å². The fourth-order valence-electron chi connectivity index (χ4n) is 2.71. The van der Waals surface area contributed by atoms with Gasteiger partial charge in [0.05, 0.1) is 6.54 Å². The number of rotatable bonds is 6. The molecule has 1 saturated heterocycles. The predicted molar refractivity (Wildman–Crippen MR) is 92.1 cm³/mol. The predicted octanol–water partition coefficient (Wildman–Crippen LogP) is 2.34. The minimum atomic E-state index is -0.178. The monoisotopic (exact) mass is 342 g/mol. The lowest BCUT2D eigenvalue weighted by molar-refractivity contribution is -0.131. The molecule has 0 aliphatic carbocycles. The number of nitrogens with zero attached hydrogens (tertiary/aromatic N) is 3. The van der Waals surface area contributed by atoms with Crippen molar-refractivity contribution in [2.24, 2.45) is 0 Å². The van der Waals surface area contributed by atoms with Gasteiger partial charge in [0.1, 0.15) is 0 Å². The molecule has 2 amide bonds. The van der Waals surface area contributed by atoms with E-state index in [4.69, 9.17) is 4.52 Å². The Labute approximate surface area is 146 Å². The van der Waals surface area contributed by atoms with Crippen LogP contribution in [-0.4, -0.2) is 39.9 Å². The van der Waals surface area contributed by atoms with Crippen molar-refractivity contribution in [3.05, 3.63) is 41.5 Å². The number of carbonyl (C=O) groups is 2. The van der Waals surface area contributed by atoms with E-state index in [-0.39, 0.29) is 24.3 Å². The van der Waals surface area contributed by atoms with Crippen LogP contribution < -0.4 is 5.32 Å². The van der Waals surface area contributed by atoms with Crippen molar-refractivity contribution >= 4 is 17.5 Å². The van der Waals surface area contributed by atoms with Crippen molar-refractivity contribution in [2.75, 3.05) is 18.4 Å². The maximum absolute atomic E-state index is 12.0. The quantitative estimate of drug-likeness (QED) is 0.870. The standard InChI is InChI=1S/C18H22N4O3/c1-12(2)18-20-15(21-25-18)10-13-5-7-14(8-6-13)19-16(23)11-22-9-3-4-17(22)24/h5-8,12H,3-4,9-11H2,1-2H3,(H,19,23). The molecule has 1 aromatic carbocycles. The molecule has 0 bridgehead atoms. The molecule has 2 heterocycles. The van der Waals surface area contributed by atoms with Crippen LogP contribution in [-0.2, 0) is 16.0 Å². The first-order valence-electron chi connectivity index (χ1n) is 8.50. The van der Waals surface area contributed by atoms with E-state index in [1.54, 1.807) is 4.90 Å². The maximum atomic E-state index is 12.0. The Kier molecular flexibility index (Phi) is 5.11. The highest BCUT2D eigenvalue weighted by atomic mass is 16.5. The summed E-state index contributed by atoms with van der Waals surface area (Å²) in [6.07, 6.45) is 1.94. The molecular weight excluding hydrogens is 320 g/mol. The molecule has 2 aromatic rings. The van der Waals surface area contributed by atoms with E-state index >= 15 is 0 Å². The summed E-state index contributed by atoms with van der Waals surface area (Å²) in [5.41, 5.74) is 1.74. The second-order valence-electron chi connectivity index (χ2n) is 6.54. The number of nitrogens with one attached hydrogen (secondary N) is 1. The molecule has 132 valence electrons. The van der Waals surface area contributed by atoms with Gasteiger partial charge in [-0.3, -0.25) is 9.59 Å². The Hall–Kier alpha value is -2.70. The minimum Gasteiger partial charge on any atom is -0.339 e. The Balaban J connectivity index is 1.54. The van der Waals surface area contributed by atoms with E-state index in [1.807, 2.05) is 38.1 Å².